The van der Waals surface area contributed by atoms with Crippen LogP contribution in [0.15, 0.2) is 71.6 Å². The van der Waals surface area contributed by atoms with E-state index in [0.717, 1.165) is 5.56 Å². The second kappa shape index (κ2) is 9.41. The lowest BCUT2D eigenvalue weighted by atomic mass is 10.1. The van der Waals surface area contributed by atoms with Crippen molar-refractivity contribution in [3.63, 3.8) is 0 Å². The highest BCUT2D eigenvalue weighted by atomic mass is 35.5. The minimum atomic E-state index is -3.81. The van der Waals surface area contributed by atoms with E-state index in [1.54, 1.807) is 41.3 Å². The van der Waals surface area contributed by atoms with Crippen molar-refractivity contribution < 1.29 is 17.6 Å². The molecule has 0 radical (unpaired) electrons. The van der Waals surface area contributed by atoms with Crippen molar-refractivity contribution in [2.75, 3.05) is 35.8 Å². The fourth-order valence-electron chi connectivity index (χ4n) is 3.69. The number of para-hydroxylation sites is 1. The average Bonchev–Trinajstić information content (AvgIpc) is 2.80. The van der Waals surface area contributed by atoms with Crippen molar-refractivity contribution in [3.8, 4) is 0 Å². The molecule has 172 valence electrons. The predicted molar refractivity (Wildman–Crippen MR) is 128 cm³/mol. The first-order valence-electron chi connectivity index (χ1n) is 10.4. The van der Waals surface area contributed by atoms with Gasteiger partial charge in [-0.3, -0.25) is 9.52 Å². The fourth-order valence-corrected chi connectivity index (χ4v) is 5.06. The van der Waals surface area contributed by atoms with Crippen LogP contribution in [-0.4, -0.2) is 45.4 Å². The highest BCUT2D eigenvalue weighted by Gasteiger charge is 2.24. The second-order valence-electron chi connectivity index (χ2n) is 7.84. The van der Waals surface area contributed by atoms with E-state index in [0.29, 0.717) is 37.4 Å². The molecule has 1 N–H and O–H groups in total. The number of amides is 1. The zero-order valence-corrected chi connectivity index (χ0v) is 19.5. The van der Waals surface area contributed by atoms with E-state index in [2.05, 4.69) is 4.72 Å². The van der Waals surface area contributed by atoms with Gasteiger partial charge in [0.2, 0.25) is 0 Å². The van der Waals surface area contributed by atoms with E-state index in [4.69, 9.17) is 11.6 Å². The van der Waals surface area contributed by atoms with Crippen molar-refractivity contribution in [2.45, 2.75) is 11.8 Å². The van der Waals surface area contributed by atoms with E-state index < -0.39 is 10.0 Å². The lowest BCUT2D eigenvalue weighted by molar-refractivity contribution is 0.0746. The molecule has 1 amide bonds. The molecule has 1 aliphatic heterocycles. The Morgan fingerprint density at radius 1 is 0.970 bits per heavy atom. The quantitative estimate of drug-likeness (QED) is 0.573. The zero-order valence-electron chi connectivity index (χ0n) is 18.0. The molecule has 0 spiro atoms. The van der Waals surface area contributed by atoms with Crippen LogP contribution in [0.2, 0.25) is 5.02 Å². The first kappa shape index (κ1) is 23.1. The number of aryl methyl sites for hydroxylation is 1. The Hall–Kier alpha value is -3.10. The minimum Gasteiger partial charge on any atom is -0.366 e. The first-order chi connectivity index (χ1) is 15.7. The molecule has 4 rings (SSSR count). The molecule has 0 saturated carbocycles. The zero-order chi connectivity index (χ0) is 23.6. The molecule has 6 nitrogen and oxygen atoms in total. The molecule has 0 unspecified atom stereocenters. The third-order valence-electron chi connectivity index (χ3n) is 5.55. The number of piperazine rings is 1. The standard InChI is InChI=1S/C24H23ClFN3O3S/c1-17-6-9-19(10-7-17)33(31,32)27-22-11-8-18(16-20(22)25)24(30)29-14-12-28(13-15-29)23-5-3-2-4-21(23)26/h2-11,16,27H,12-15H2,1H3. The first-order valence-corrected chi connectivity index (χ1v) is 12.3. The van der Waals surface area contributed by atoms with Gasteiger partial charge in [-0.15, -0.1) is 0 Å². The maximum absolute atomic E-state index is 14.0. The summed E-state index contributed by atoms with van der Waals surface area (Å²) < 4.78 is 41.8. The van der Waals surface area contributed by atoms with Crippen molar-refractivity contribution in [1.82, 2.24) is 4.90 Å². The molecule has 0 atom stereocenters. The molecular weight excluding hydrogens is 465 g/mol. The molecule has 3 aromatic rings. The van der Waals surface area contributed by atoms with Gasteiger partial charge in [0.05, 0.1) is 21.3 Å². The molecule has 9 heteroatoms. The molecule has 33 heavy (non-hydrogen) atoms. The highest BCUT2D eigenvalue weighted by Crippen LogP contribution is 2.27. The Bertz CT molecular complexity index is 1270. The number of rotatable bonds is 5. The number of halogens is 2. The maximum atomic E-state index is 14.0. The van der Waals surface area contributed by atoms with Gasteiger partial charge in [0, 0.05) is 31.7 Å². The number of nitrogens with one attached hydrogen (secondary N) is 1. The van der Waals surface area contributed by atoms with Crippen LogP contribution in [0.1, 0.15) is 15.9 Å². The minimum absolute atomic E-state index is 0.122. The van der Waals surface area contributed by atoms with Crippen LogP contribution in [0.5, 0.6) is 0 Å². The summed E-state index contributed by atoms with van der Waals surface area (Å²) in [6.45, 7) is 3.76. The van der Waals surface area contributed by atoms with Gasteiger partial charge in [0.25, 0.3) is 15.9 Å². The summed E-state index contributed by atoms with van der Waals surface area (Å²) in [5, 5.41) is 0.126. The summed E-state index contributed by atoms with van der Waals surface area (Å²) in [6, 6.07) is 17.5. The predicted octanol–water partition coefficient (Wildman–Crippen LogP) is 4.55. The maximum Gasteiger partial charge on any atom is 0.261 e. The monoisotopic (exact) mass is 487 g/mol. The molecule has 1 heterocycles. The van der Waals surface area contributed by atoms with Gasteiger partial charge in [-0.25, -0.2) is 12.8 Å². The molecule has 0 aromatic heterocycles. The van der Waals surface area contributed by atoms with E-state index >= 15 is 0 Å². The number of nitrogens with zero attached hydrogens (tertiary/aromatic N) is 2. The number of hydrogen-bond acceptors (Lipinski definition) is 4. The summed E-state index contributed by atoms with van der Waals surface area (Å²) in [4.78, 5) is 16.7. The normalized spacial score (nSPS) is 14.3. The Morgan fingerprint density at radius 2 is 1.64 bits per heavy atom. The van der Waals surface area contributed by atoms with E-state index in [9.17, 15) is 17.6 Å². The third-order valence-corrected chi connectivity index (χ3v) is 7.25. The van der Waals surface area contributed by atoms with E-state index in [-0.39, 0.29) is 27.3 Å². The van der Waals surface area contributed by atoms with Gasteiger partial charge in [-0.2, -0.15) is 0 Å². The van der Waals surface area contributed by atoms with Crippen molar-refractivity contribution in [1.29, 1.82) is 0 Å². The number of anilines is 2. The van der Waals surface area contributed by atoms with Crippen LogP contribution in [0.4, 0.5) is 15.8 Å². The van der Waals surface area contributed by atoms with Gasteiger partial charge in [-0.05, 0) is 49.4 Å². The average molecular weight is 488 g/mol. The summed E-state index contributed by atoms with van der Waals surface area (Å²) in [7, 11) is -3.81. The molecule has 1 fully saturated rings. The Kier molecular flexibility index (Phi) is 6.58. The topological polar surface area (TPSA) is 69.7 Å². The Labute approximate surface area is 197 Å². The van der Waals surface area contributed by atoms with E-state index in [1.807, 2.05) is 11.8 Å². The highest BCUT2D eigenvalue weighted by molar-refractivity contribution is 7.92. The summed E-state index contributed by atoms with van der Waals surface area (Å²) in [5.74, 6) is -0.495. The molecule has 3 aromatic carbocycles. The van der Waals surface area contributed by atoms with Crippen LogP contribution in [0.25, 0.3) is 0 Å². The van der Waals surface area contributed by atoms with Gasteiger partial charge in [0.1, 0.15) is 5.82 Å². The third kappa shape index (κ3) is 5.12. The van der Waals surface area contributed by atoms with Crippen molar-refractivity contribution in [3.05, 3.63) is 88.7 Å². The number of carbonyl (C=O) groups excluding carboxylic acids is 1. The van der Waals surface area contributed by atoms with Crippen LogP contribution in [0.3, 0.4) is 0 Å². The number of sulfonamides is 1. The van der Waals surface area contributed by atoms with Crippen LogP contribution in [0, 0.1) is 12.7 Å². The summed E-state index contributed by atoms with van der Waals surface area (Å²) >= 11 is 6.30. The second-order valence-corrected chi connectivity index (χ2v) is 9.93. The van der Waals surface area contributed by atoms with Crippen molar-refractivity contribution >= 4 is 38.9 Å². The van der Waals surface area contributed by atoms with Gasteiger partial charge in [0.15, 0.2) is 0 Å². The lowest BCUT2D eigenvalue weighted by Gasteiger charge is -2.36. The number of carbonyl (C=O) groups is 1. The lowest BCUT2D eigenvalue weighted by Crippen LogP contribution is -2.49. The largest absolute Gasteiger partial charge is 0.366 e. The summed E-state index contributed by atoms with van der Waals surface area (Å²) in [5.41, 5.74) is 2.03. The molecule has 0 bridgehead atoms. The molecular formula is C24H23ClFN3O3S. The molecule has 1 saturated heterocycles. The Morgan fingerprint density at radius 3 is 2.27 bits per heavy atom. The molecule has 0 aliphatic carbocycles. The van der Waals surface area contributed by atoms with Gasteiger partial charge >= 0.3 is 0 Å². The van der Waals surface area contributed by atoms with E-state index in [1.165, 1.54) is 30.3 Å². The van der Waals surface area contributed by atoms with Gasteiger partial charge < -0.3 is 9.80 Å². The summed E-state index contributed by atoms with van der Waals surface area (Å²) in [6.07, 6.45) is 0. The Balaban J connectivity index is 1.43. The van der Waals surface area contributed by atoms with Crippen LogP contribution in [-0.2, 0) is 10.0 Å². The van der Waals surface area contributed by atoms with Gasteiger partial charge in [-0.1, -0.05) is 41.4 Å². The van der Waals surface area contributed by atoms with Crippen LogP contribution < -0.4 is 9.62 Å². The fraction of sp³-hybridized carbons (Fsp3) is 0.208. The SMILES string of the molecule is Cc1ccc(S(=O)(=O)Nc2ccc(C(=O)N3CCN(c4ccccc4F)CC3)cc2Cl)cc1. The number of benzene rings is 3. The molecule has 1 aliphatic rings. The smallest absolute Gasteiger partial charge is 0.261 e. The van der Waals surface area contributed by atoms with Crippen molar-refractivity contribution in [2.24, 2.45) is 0 Å². The number of hydrogen-bond donors (Lipinski definition) is 1. The van der Waals surface area contributed by atoms with Crippen LogP contribution >= 0.6 is 11.6 Å².